The fourth-order valence-electron chi connectivity index (χ4n) is 1.98. The number of nitro benzene ring substituents is 1. The maximum Gasteiger partial charge on any atom is 0.275 e. The van der Waals surface area contributed by atoms with E-state index in [1.165, 1.54) is 6.07 Å². The lowest BCUT2D eigenvalue weighted by atomic mass is 9.93. The molecule has 0 aliphatic heterocycles. The van der Waals surface area contributed by atoms with Gasteiger partial charge in [0, 0.05) is 29.7 Å². The monoisotopic (exact) mass is 285 g/mol. The summed E-state index contributed by atoms with van der Waals surface area (Å²) < 4.78 is 0. The van der Waals surface area contributed by atoms with E-state index in [1.54, 1.807) is 12.1 Å². The predicted molar refractivity (Wildman–Crippen MR) is 77.3 cm³/mol. The molecule has 1 aromatic carbocycles. The number of nitrogens with two attached hydrogens (primary N) is 1. The van der Waals surface area contributed by atoms with Gasteiger partial charge in [0.2, 0.25) is 0 Å². The molecule has 0 aromatic heterocycles. The van der Waals surface area contributed by atoms with Crippen molar-refractivity contribution in [1.82, 2.24) is 4.90 Å². The number of nitrogens with zero attached hydrogens (tertiary/aromatic N) is 2. The second kappa shape index (κ2) is 6.32. The van der Waals surface area contributed by atoms with Gasteiger partial charge in [-0.05, 0) is 31.1 Å². The molecule has 0 bridgehead atoms. The van der Waals surface area contributed by atoms with E-state index in [2.05, 4.69) is 13.8 Å². The summed E-state index contributed by atoms with van der Waals surface area (Å²) in [4.78, 5) is 12.6. The highest BCUT2D eigenvalue weighted by Gasteiger charge is 2.21. The van der Waals surface area contributed by atoms with Crippen LogP contribution in [0.1, 0.15) is 19.4 Å². The Morgan fingerprint density at radius 2 is 2.11 bits per heavy atom. The summed E-state index contributed by atoms with van der Waals surface area (Å²) in [5, 5.41) is 11.4. The Hall–Kier alpha value is -1.17. The first-order chi connectivity index (χ1) is 8.75. The van der Waals surface area contributed by atoms with Gasteiger partial charge < -0.3 is 10.6 Å². The first kappa shape index (κ1) is 15.9. The van der Waals surface area contributed by atoms with Crippen LogP contribution in [0.2, 0.25) is 5.02 Å². The third kappa shape index (κ3) is 4.78. The Labute approximate surface area is 118 Å². The van der Waals surface area contributed by atoms with Gasteiger partial charge in [0.15, 0.2) is 0 Å². The Kier molecular flexibility index (Phi) is 5.29. The first-order valence-corrected chi connectivity index (χ1v) is 6.44. The van der Waals surface area contributed by atoms with Gasteiger partial charge in [-0.3, -0.25) is 10.1 Å². The second-order valence-electron chi connectivity index (χ2n) is 5.57. The number of benzene rings is 1. The fourth-order valence-corrected chi connectivity index (χ4v) is 2.15. The van der Waals surface area contributed by atoms with Gasteiger partial charge in [-0.2, -0.15) is 0 Å². The summed E-state index contributed by atoms with van der Waals surface area (Å²) in [6.45, 7) is 5.97. The maximum atomic E-state index is 11.0. The largest absolute Gasteiger partial charge is 0.330 e. The van der Waals surface area contributed by atoms with Crippen molar-refractivity contribution < 1.29 is 4.92 Å². The van der Waals surface area contributed by atoms with Crippen LogP contribution >= 0.6 is 11.6 Å². The number of hydrogen-bond acceptors (Lipinski definition) is 4. The van der Waals surface area contributed by atoms with Crippen LogP contribution in [0.3, 0.4) is 0 Å². The Bertz CT molecular complexity index is 463. The molecule has 2 N–H and O–H groups in total. The van der Waals surface area contributed by atoms with Crippen molar-refractivity contribution in [3.8, 4) is 0 Å². The molecule has 0 spiro atoms. The van der Waals surface area contributed by atoms with Crippen molar-refractivity contribution in [2.75, 3.05) is 20.1 Å². The van der Waals surface area contributed by atoms with E-state index in [4.69, 9.17) is 17.3 Å². The van der Waals surface area contributed by atoms with E-state index >= 15 is 0 Å². The van der Waals surface area contributed by atoms with Crippen LogP contribution in [0.15, 0.2) is 18.2 Å². The molecule has 0 amide bonds. The van der Waals surface area contributed by atoms with Gasteiger partial charge in [0.25, 0.3) is 5.69 Å². The number of halogens is 1. The summed E-state index contributed by atoms with van der Waals surface area (Å²) in [6.07, 6.45) is 0. The maximum absolute atomic E-state index is 11.0. The molecule has 0 radical (unpaired) electrons. The zero-order valence-electron chi connectivity index (χ0n) is 11.5. The number of rotatable bonds is 6. The van der Waals surface area contributed by atoms with Gasteiger partial charge in [-0.15, -0.1) is 0 Å². The molecule has 0 aliphatic carbocycles. The van der Waals surface area contributed by atoms with Gasteiger partial charge in [0.1, 0.15) is 0 Å². The Morgan fingerprint density at radius 1 is 1.47 bits per heavy atom. The molecule has 19 heavy (non-hydrogen) atoms. The number of nitro groups is 1. The first-order valence-electron chi connectivity index (χ1n) is 6.06. The molecule has 5 nitrogen and oxygen atoms in total. The minimum atomic E-state index is -0.400. The van der Waals surface area contributed by atoms with E-state index < -0.39 is 4.92 Å². The zero-order chi connectivity index (χ0) is 14.6. The van der Waals surface area contributed by atoms with E-state index in [-0.39, 0.29) is 11.1 Å². The van der Waals surface area contributed by atoms with E-state index in [0.717, 1.165) is 6.54 Å². The summed E-state index contributed by atoms with van der Waals surface area (Å²) >= 11 is 5.79. The van der Waals surface area contributed by atoms with Crippen molar-refractivity contribution in [2.24, 2.45) is 11.1 Å². The molecule has 0 aliphatic rings. The van der Waals surface area contributed by atoms with Gasteiger partial charge in [0.05, 0.1) is 4.92 Å². The van der Waals surface area contributed by atoms with Gasteiger partial charge >= 0.3 is 0 Å². The van der Waals surface area contributed by atoms with Crippen molar-refractivity contribution in [1.29, 1.82) is 0 Å². The van der Waals surface area contributed by atoms with Crippen LogP contribution in [0, 0.1) is 15.5 Å². The van der Waals surface area contributed by atoms with E-state index in [1.807, 2.05) is 11.9 Å². The van der Waals surface area contributed by atoms with Crippen molar-refractivity contribution in [3.05, 3.63) is 38.9 Å². The van der Waals surface area contributed by atoms with Crippen molar-refractivity contribution in [3.63, 3.8) is 0 Å². The zero-order valence-corrected chi connectivity index (χ0v) is 12.3. The molecule has 1 aromatic rings. The normalized spacial score (nSPS) is 11.9. The lowest BCUT2D eigenvalue weighted by Crippen LogP contribution is -2.36. The summed E-state index contributed by atoms with van der Waals surface area (Å²) in [6, 6.07) is 4.76. The summed E-state index contributed by atoms with van der Waals surface area (Å²) in [7, 11) is 1.93. The van der Waals surface area contributed by atoms with Gasteiger partial charge in [-0.25, -0.2) is 0 Å². The molecule has 0 unspecified atom stereocenters. The minimum Gasteiger partial charge on any atom is -0.330 e. The highest BCUT2D eigenvalue weighted by molar-refractivity contribution is 6.30. The SMILES string of the molecule is CN(Cc1ccc(Cl)cc1[N+](=O)[O-])CC(C)(C)CN. The van der Waals surface area contributed by atoms with Crippen LogP contribution in [-0.4, -0.2) is 30.0 Å². The average Bonchev–Trinajstić information content (AvgIpc) is 2.30. The molecule has 0 saturated heterocycles. The van der Waals surface area contributed by atoms with E-state index in [0.29, 0.717) is 23.7 Å². The third-order valence-corrected chi connectivity index (χ3v) is 3.17. The molecule has 0 atom stereocenters. The minimum absolute atomic E-state index is 0.0179. The van der Waals surface area contributed by atoms with Crippen LogP contribution in [0.5, 0.6) is 0 Å². The average molecular weight is 286 g/mol. The molecule has 0 fully saturated rings. The van der Waals surface area contributed by atoms with Crippen molar-refractivity contribution in [2.45, 2.75) is 20.4 Å². The van der Waals surface area contributed by atoms with Crippen LogP contribution in [-0.2, 0) is 6.54 Å². The highest BCUT2D eigenvalue weighted by atomic mass is 35.5. The van der Waals surface area contributed by atoms with E-state index in [9.17, 15) is 10.1 Å². The molecule has 6 heteroatoms. The molecular formula is C13H20ClN3O2. The highest BCUT2D eigenvalue weighted by Crippen LogP contribution is 2.25. The molecule has 1 rings (SSSR count). The fraction of sp³-hybridized carbons (Fsp3) is 0.538. The second-order valence-corrected chi connectivity index (χ2v) is 6.01. The Balaban J connectivity index is 2.85. The third-order valence-electron chi connectivity index (χ3n) is 2.93. The summed E-state index contributed by atoms with van der Waals surface area (Å²) in [5.74, 6) is 0. The van der Waals surface area contributed by atoms with Crippen LogP contribution in [0.25, 0.3) is 0 Å². The molecule has 106 valence electrons. The topological polar surface area (TPSA) is 72.4 Å². The van der Waals surface area contributed by atoms with Gasteiger partial charge in [-0.1, -0.05) is 25.4 Å². The smallest absolute Gasteiger partial charge is 0.275 e. The lowest BCUT2D eigenvalue weighted by Gasteiger charge is -2.28. The number of hydrogen-bond donors (Lipinski definition) is 1. The summed E-state index contributed by atoms with van der Waals surface area (Å²) in [5.41, 5.74) is 6.39. The molecular weight excluding hydrogens is 266 g/mol. The predicted octanol–water partition coefficient (Wildman–Crippen LogP) is 2.66. The molecule has 0 heterocycles. The quantitative estimate of drug-likeness (QED) is 0.644. The van der Waals surface area contributed by atoms with Crippen LogP contribution < -0.4 is 5.73 Å². The van der Waals surface area contributed by atoms with Crippen LogP contribution in [0.4, 0.5) is 5.69 Å². The Morgan fingerprint density at radius 3 is 2.63 bits per heavy atom. The van der Waals surface area contributed by atoms with Crippen molar-refractivity contribution >= 4 is 17.3 Å². The lowest BCUT2D eigenvalue weighted by molar-refractivity contribution is -0.385. The standard InChI is InChI=1S/C13H20ClN3O2/c1-13(2,8-15)9-16(3)7-10-4-5-11(14)6-12(10)17(18)19/h4-6H,7-9,15H2,1-3H3. The molecule has 0 saturated carbocycles.